The highest BCUT2D eigenvalue weighted by molar-refractivity contribution is 6.32. The summed E-state index contributed by atoms with van der Waals surface area (Å²) in [6.45, 7) is 0.443. The lowest BCUT2D eigenvalue weighted by Gasteiger charge is -2.10. The zero-order valence-corrected chi connectivity index (χ0v) is 11.9. The number of ether oxygens (including phenoxy) is 1. The summed E-state index contributed by atoms with van der Waals surface area (Å²) in [6, 6.07) is 8.28. The molecule has 0 fully saturated rings. The van der Waals surface area contributed by atoms with Crippen molar-refractivity contribution in [3.63, 3.8) is 0 Å². The predicted octanol–water partition coefficient (Wildman–Crippen LogP) is 3.90. The van der Waals surface area contributed by atoms with Crippen molar-refractivity contribution >= 4 is 17.3 Å². The highest BCUT2D eigenvalue weighted by Crippen LogP contribution is 2.38. The molecule has 21 heavy (non-hydrogen) atoms. The molecule has 2 aromatic carbocycles. The maximum Gasteiger partial charge on any atom is 0.313 e. The van der Waals surface area contributed by atoms with E-state index < -0.39 is 10.7 Å². The molecule has 0 amide bonds. The SMILES string of the molecule is CNCc1cc(F)cc(Oc2c(Cl)cccc2[N+](=O)[O-])c1. The van der Waals surface area contributed by atoms with Gasteiger partial charge in [0.05, 0.1) is 9.95 Å². The number of halogens is 2. The third-order valence-electron chi connectivity index (χ3n) is 2.67. The van der Waals surface area contributed by atoms with Crippen molar-refractivity contribution in [2.45, 2.75) is 6.54 Å². The molecule has 0 aliphatic carbocycles. The van der Waals surface area contributed by atoms with E-state index in [0.29, 0.717) is 12.1 Å². The number of hydrogen-bond acceptors (Lipinski definition) is 4. The van der Waals surface area contributed by atoms with Crippen molar-refractivity contribution in [1.82, 2.24) is 5.32 Å². The lowest BCUT2D eigenvalue weighted by molar-refractivity contribution is -0.385. The Morgan fingerprint density at radius 2 is 2.14 bits per heavy atom. The Balaban J connectivity index is 2.40. The number of rotatable bonds is 5. The molecule has 2 rings (SSSR count). The number of nitrogens with one attached hydrogen (secondary N) is 1. The van der Waals surface area contributed by atoms with Gasteiger partial charge in [0.2, 0.25) is 5.75 Å². The molecule has 2 aromatic rings. The van der Waals surface area contributed by atoms with E-state index in [1.165, 1.54) is 24.3 Å². The lowest BCUT2D eigenvalue weighted by atomic mass is 10.2. The van der Waals surface area contributed by atoms with Crippen LogP contribution in [0.2, 0.25) is 5.02 Å². The fourth-order valence-corrected chi connectivity index (χ4v) is 2.05. The van der Waals surface area contributed by atoms with Gasteiger partial charge in [-0.1, -0.05) is 17.7 Å². The maximum atomic E-state index is 13.5. The molecule has 0 radical (unpaired) electrons. The number of para-hydroxylation sites is 1. The van der Waals surface area contributed by atoms with Crippen LogP contribution in [0.15, 0.2) is 36.4 Å². The molecule has 0 saturated heterocycles. The summed E-state index contributed by atoms with van der Waals surface area (Å²) in [5.41, 5.74) is 0.379. The first kappa shape index (κ1) is 15.2. The summed E-state index contributed by atoms with van der Waals surface area (Å²) >= 11 is 5.93. The van der Waals surface area contributed by atoms with Gasteiger partial charge in [0.1, 0.15) is 11.6 Å². The van der Waals surface area contributed by atoms with Crippen LogP contribution < -0.4 is 10.1 Å². The highest BCUT2D eigenvalue weighted by Gasteiger charge is 2.19. The summed E-state index contributed by atoms with van der Waals surface area (Å²) in [5.74, 6) is -0.450. The number of hydrogen-bond donors (Lipinski definition) is 1. The lowest BCUT2D eigenvalue weighted by Crippen LogP contribution is -2.05. The molecule has 0 heterocycles. The van der Waals surface area contributed by atoms with E-state index in [-0.39, 0.29) is 22.2 Å². The molecule has 0 unspecified atom stereocenters. The van der Waals surface area contributed by atoms with E-state index in [4.69, 9.17) is 16.3 Å². The molecule has 7 heteroatoms. The van der Waals surface area contributed by atoms with E-state index in [1.54, 1.807) is 13.1 Å². The van der Waals surface area contributed by atoms with Gasteiger partial charge in [0.15, 0.2) is 0 Å². The minimum atomic E-state index is -0.602. The highest BCUT2D eigenvalue weighted by atomic mass is 35.5. The summed E-state index contributed by atoms with van der Waals surface area (Å²) in [7, 11) is 1.73. The molecule has 110 valence electrons. The molecule has 0 bridgehead atoms. The van der Waals surface area contributed by atoms with Crippen molar-refractivity contribution < 1.29 is 14.1 Å². The van der Waals surface area contributed by atoms with Gasteiger partial charge in [-0.15, -0.1) is 0 Å². The standard InChI is InChI=1S/C14H12ClFN2O3/c1-17-8-9-5-10(16)7-11(6-9)21-14-12(15)3-2-4-13(14)18(19)20/h2-7,17H,8H2,1H3. The number of benzene rings is 2. The van der Waals surface area contributed by atoms with Crippen LogP contribution in [0.25, 0.3) is 0 Å². The van der Waals surface area contributed by atoms with Crippen molar-refractivity contribution in [1.29, 1.82) is 0 Å². The van der Waals surface area contributed by atoms with Crippen LogP contribution in [0.3, 0.4) is 0 Å². The van der Waals surface area contributed by atoms with Gasteiger partial charge in [-0.2, -0.15) is 0 Å². The predicted molar refractivity (Wildman–Crippen MR) is 77.3 cm³/mol. The fourth-order valence-electron chi connectivity index (χ4n) is 1.85. The van der Waals surface area contributed by atoms with Gasteiger partial charge in [-0.3, -0.25) is 10.1 Å². The summed E-state index contributed by atoms with van der Waals surface area (Å²) in [6.07, 6.45) is 0. The van der Waals surface area contributed by atoms with Gasteiger partial charge < -0.3 is 10.1 Å². The number of nitro groups is 1. The van der Waals surface area contributed by atoms with Crippen molar-refractivity contribution in [3.8, 4) is 11.5 Å². The first-order valence-corrected chi connectivity index (χ1v) is 6.44. The summed E-state index contributed by atoms with van der Waals surface area (Å²) in [5, 5.41) is 14.0. The van der Waals surface area contributed by atoms with Crippen LogP contribution in [0, 0.1) is 15.9 Å². The topological polar surface area (TPSA) is 64.4 Å². The maximum absolute atomic E-state index is 13.5. The average molecular weight is 311 g/mol. The second-order valence-corrected chi connectivity index (χ2v) is 4.68. The van der Waals surface area contributed by atoms with Gasteiger partial charge in [-0.25, -0.2) is 4.39 Å². The normalized spacial score (nSPS) is 10.4. The van der Waals surface area contributed by atoms with Gasteiger partial charge in [0, 0.05) is 18.7 Å². The number of nitro benzene ring substituents is 1. The van der Waals surface area contributed by atoms with E-state index in [9.17, 15) is 14.5 Å². The van der Waals surface area contributed by atoms with Crippen LogP contribution in [-0.2, 0) is 6.54 Å². The van der Waals surface area contributed by atoms with Crippen LogP contribution >= 0.6 is 11.6 Å². The number of nitrogens with zero attached hydrogens (tertiary/aromatic N) is 1. The molecule has 0 aliphatic heterocycles. The van der Waals surface area contributed by atoms with Crippen LogP contribution in [-0.4, -0.2) is 12.0 Å². The van der Waals surface area contributed by atoms with Gasteiger partial charge in [-0.05, 0) is 30.8 Å². The third kappa shape index (κ3) is 3.68. The Kier molecular flexibility index (Phi) is 4.72. The van der Waals surface area contributed by atoms with Gasteiger partial charge in [0.25, 0.3) is 0 Å². The van der Waals surface area contributed by atoms with Crippen molar-refractivity contribution in [3.05, 3.63) is 62.9 Å². The van der Waals surface area contributed by atoms with Crippen LogP contribution in [0.5, 0.6) is 11.5 Å². The van der Waals surface area contributed by atoms with Gasteiger partial charge >= 0.3 is 5.69 Å². The Morgan fingerprint density at radius 1 is 1.38 bits per heavy atom. The van der Waals surface area contributed by atoms with Crippen molar-refractivity contribution in [2.75, 3.05) is 7.05 Å². The Labute approximate surface area is 125 Å². The molecule has 0 spiro atoms. The second kappa shape index (κ2) is 6.51. The molecule has 0 aliphatic rings. The Bertz CT molecular complexity index is 679. The molecule has 0 aromatic heterocycles. The average Bonchev–Trinajstić information content (AvgIpc) is 2.40. The monoisotopic (exact) mass is 310 g/mol. The first-order chi connectivity index (χ1) is 10.0. The third-order valence-corrected chi connectivity index (χ3v) is 2.97. The largest absolute Gasteiger partial charge is 0.448 e. The Hall–Kier alpha value is -2.18. The molecular weight excluding hydrogens is 299 g/mol. The van der Waals surface area contributed by atoms with E-state index >= 15 is 0 Å². The first-order valence-electron chi connectivity index (χ1n) is 6.06. The van der Waals surface area contributed by atoms with Crippen LogP contribution in [0.1, 0.15) is 5.56 Å². The molecule has 1 N–H and O–H groups in total. The quantitative estimate of drug-likeness (QED) is 0.672. The smallest absolute Gasteiger partial charge is 0.313 e. The van der Waals surface area contributed by atoms with E-state index in [0.717, 1.165) is 6.07 Å². The van der Waals surface area contributed by atoms with Crippen molar-refractivity contribution in [2.24, 2.45) is 0 Å². The van der Waals surface area contributed by atoms with Crippen LogP contribution in [0.4, 0.5) is 10.1 Å². The zero-order chi connectivity index (χ0) is 15.4. The molecule has 0 atom stereocenters. The molecule has 5 nitrogen and oxygen atoms in total. The molecular formula is C14H12ClFN2O3. The summed E-state index contributed by atoms with van der Waals surface area (Å²) in [4.78, 5) is 10.4. The van der Waals surface area contributed by atoms with E-state index in [2.05, 4.69) is 5.32 Å². The zero-order valence-electron chi connectivity index (χ0n) is 11.1. The second-order valence-electron chi connectivity index (χ2n) is 4.27. The molecule has 0 saturated carbocycles. The fraction of sp³-hybridized carbons (Fsp3) is 0.143. The van der Waals surface area contributed by atoms with E-state index in [1.807, 2.05) is 0 Å². The minimum absolute atomic E-state index is 0.0867. The minimum Gasteiger partial charge on any atom is -0.448 e. The summed E-state index contributed by atoms with van der Waals surface area (Å²) < 4.78 is 19.0. The Morgan fingerprint density at radius 3 is 2.81 bits per heavy atom.